The Labute approximate surface area is 183 Å². The molecule has 6 nitrogen and oxygen atoms in total. The molecule has 3 rings (SSSR count). The summed E-state index contributed by atoms with van der Waals surface area (Å²) in [5, 5.41) is 3.04. The molecule has 2 aromatic rings. The average molecular weight is 428 g/mol. The number of nitrogens with one attached hydrogen (secondary N) is 1. The molecule has 1 N–H and O–H groups in total. The first kappa shape index (κ1) is 22.7. The van der Waals surface area contributed by atoms with Crippen LogP contribution in [-0.4, -0.2) is 55.6 Å². The highest BCUT2D eigenvalue weighted by molar-refractivity contribution is 5.89. The Morgan fingerprint density at radius 2 is 1.71 bits per heavy atom. The molecular weight excluding hydrogens is 397 g/mol. The van der Waals surface area contributed by atoms with Crippen LogP contribution in [0.5, 0.6) is 0 Å². The van der Waals surface area contributed by atoms with Crippen molar-refractivity contribution in [2.24, 2.45) is 0 Å². The highest BCUT2D eigenvalue weighted by Gasteiger charge is 2.31. The second-order valence-electron chi connectivity index (χ2n) is 8.03. The molecule has 0 bridgehead atoms. The summed E-state index contributed by atoms with van der Waals surface area (Å²) >= 11 is 0. The third-order valence-electron chi connectivity index (χ3n) is 5.94. The van der Waals surface area contributed by atoms with Crippen molar-refractivity contribution in [3.8, 4) is 0 Å². The molecule has 1 amide bonds. The van der Waals surface area contributed by atoms with Gasteiger partial charge in [-0.25, -0.2) is 9.18 Å². The van der Waals surface area contributed by atoms with Crippen LogP contribution in [0.4, 0.5) is 10.1 Å². The lowest BCUT2D eigenvalue weighted by molar-refractivity contribution is -0.127. The van der Waals surface area contributed by atoms with Crippen molar-refractivity contribution >= 4 is 17.6 Å². The van der Waals surface area contributed by atoms with Gasteiger partial charge in [-0.3, -0.25) is 9.69 Å². The number of anilines is 1. The van der Waals surface area contributed by atoms with Crippen LogP contribution in [0, 0.1) is 5.82 Å². The second-order valence-corrected chi connectivity index (χ2v) is 8.03. The fourth-order valence-corrected chi connectivity index (χ4v) is 4.03. The van der Waals surface area contributed by atoms with E-state index in [2.05, 4.69) is 22.0 Å². The zero-order chi connectivity index (χ0) is 22.5. The van der Waals surface area contributed by atoms with Gasteiger partial charge in [0.2, 0.25) is 5.91 Å². The van der Waals surface area contributed by atoms with Gasteiger partial charge in [-0.1, -0.05) is 12.1 Å². The number of amides is 1. The van der Waals surface area contributed by atoms with Crippen LogP contribution < -0.4 is 10.2 Å². The Balaban J connectivity index is 1.57. The van der Waals surface area contributed by atoms with Crippen LogP contribution in [0.2, 0.25) is 0 Å². The summed E-state index contributed by atoms with van der Waals surface area (Å²) in [6, 6.07) is 13.3. The quantitative estimate of drug-likeness (QED) is 0.716. The van der Waals surface area contributed by atoms with Gasteiger partial charge >= 0.3 is 5.97 Å². The van der Waals surface area contributed by atoms with Gasteiger partial charge < -0.3 is 15.0 Å². The van der Waals surface area contributed by atoms with Gasteiger partial charge in [-0.2, -0.15) is 0 Å². The Hall–Kier alpha value is -2.93. The Kier molecular flexibility index (Phi) is 7.28. The maximum Gasteiger partial charge on any atom is 0.337 e. The van der Waals surface area contributed by atoms with Crippen LogP contribution in [-0.2, 0) is 9.53 Å². The maximum atomic E-state index is 13.1. The number of halogens is 1. The minimum absolute atomic E-state index is 0.0421. The fourth-order valence-electron chi connectivity index (χ4n) is 4.03. The van der Waals surface area contributed by atoms with Gasteiger partial charge in [0.05, 0.1) is 24.8 Å². The van der Waals surface area contributed by atoms with Gasteiger partial charge in [0.15, 0.2) is 0 Å². The monoisotopic (exact) mass is 427 g/mol. The van der Waals surface area contributed by atoms with Crippen LogP contribution in [0.1, 0.15) is 42.7 Å². The number of methoxy groups -OCH3 is 1. The lowest BCUT2D eigenvalue weighted by Crippen LogP contribution is -2.58. The molecule has 0 aromatic heterocycles. The van der Waals surface area contributed by atoms with E-state index in [-0.39, 0.29) is 35.8 Å². The molecule has 7 heteroatoms. The van der Waals surface area contributed by atoms with E-state index >= 15 is 0 Å². The predicted molar refractivity (Wildman–Crippen MR) is 119 cm³/mol. The maximum absolute atomic E-state index is 13.1. The minimum Gasteiger partial charge on any atom is -0.465 e. The van der Waals surface area contributed by atoms with E-state index < -0.39 is 0 Å². The van der Waals surface area contributed by atoms with Gasteiger partial charge in [-0.15, -0.1) is 0 Å². The molecule has 1 fully saturated rings. The van der Waals surface area contributed by atoms with Gasteiger partial charge in [0, 0.05) is 31.4 Å². The zero-order valence-electron chi connectivity index (χ0n) is 18.5. The highest BCUT2D eigenvalue weighted by atomic mass is 19.1. The number of rotatable bonds is 6. The Morgan fingerprint density at radius 3 is 2.29 bits per heavy atom. The number of benzene rings is 2. The fraction of sp³-hybridized carbons (Fsp3) is 0.417. The molecule has 3 unspecified atom stereocenters. The van der Waals surface area contributed by atoms with E-state index in [0.717, 1.165) is 30.9 Å². The molecule has 31 heavy (non-hydrogen) atoms. The van der Waals surface area contributed by atoms with E-state index in [1.807, 2.05) is 26.0 Å². The first-order valence-electron chi connectivity index (χ1n) is 10.5. The average Bonchev–Trinajstić information content (AvgIpc) is 2.78. The Morgan fingerprint density at radius 1 is 1.06 bits per heavy atom. The molecule has 1 aliphatic heterocycles. The summed E-state index contributed by atoms with van der Waals surface area (Å²) in [5.74, 6) is -0.679. The summed E-state index contributed by atoms with van der Waals surface area (Å²) in [6.07, 6.45) is 0. The van der Waals surface area contributed by atoms with E-state index in [0.29, 0.717) is 5.56 Å². The van der Waals surface area contributed by atoms with Crippen molar-refractivity contribution in [2.45, 2.75) is 38.9 Å². The number of carbonyl (C=O) groups excluding carboxylic acids is 2. The molecule has 0 radical (unpaired) electrons. The minimum atomic E-state index is -0.348. The number of piperazine rings is 1. The molecule has 2 aromatic carbocycles. The van der Waals surface area contributed by atoms with E-state index in [4.69, 9.17) is 4.74 Å². The highest BCUT2D eigenvalue weighted by Crippen LogP contribution is 2.22. The predicted octanol–water partition coefficient (Wildman–Crippen LogP) is 3.39. The lowest BCUT2D eigenvalue weighted by Gasteiger charge is -2.43. The molecule has 1 saturated heterocycles. The van der Waals surface area contributed by atoms with Crippen LogP contribution in [0.25, 0.3) is 0 Å². The Bertz CT molecular complexity index is 901. The number of esters is 1. The topological polar surface area (TPSA) is 61.9 Å². The van der Waals surface area contributed by atoms with Gasteiger partial charge in [0.1, 0.15) is 5.82 Å². The first-order valence-corrected chi connectivity index (χ1v) is 10.5. The van der Waals surface area contributed by atoms with Crippen molar-refractivity contribution in [3.63, 3.8) is 0 Å². The molecule has 0 aliphatic carbocycles. The molecule has 1 aliphatic rings. The number of nitrogens with zero attached hydrogens (tertiary/aromatic N) is 2. The van der Waals surface area contributed by atoms with E-state index in [1.54, 1.807) is 24.3 Å². The molecule has 0 spiro atoms. The standard InChI is InChI=1S/C24H30FN3O3/c1-16-15-27(22-11-7-20(8-12-22)24(30)31-4)13-14-28(16)18(3)23(29)26-17(2)19-5-9-21(25)10-6-19/h5-12,16-18H,13-15H2,1-4H3,(H,26,29). The number of ether oxygens (including phenoxy) is 1. The number of carbonyl (C=O) groups is 2. The normalized spacial score (nSPS) is 18.9. The smallest absolute Gasteiger partial charge is 0.337 e. The molecule has 166 valence electrons. The molecule has 0 saturated carbocycles. The van der Waals surface area contributed by atoms with Crippen molar-refractivity contribution in [1.29, 1.82) is 0 Å². The number of hydrogen-bond donors (Lipinski definition) is 1. The third-order valence-corrected chi connectivity index (χ3v) is 5.94. The van der Waals surface area contributed by atoms with Crippen molar-refractivity contribution in [2.75, 3.05) is 31.6 Å². The summed E-state index contributed by atoms with van der Waals surface area (Å²) in [5.41, 5.74) is 2.44. The van der Waals surface area contributed by atoms with Crippen molar-refractivity contribution in [1.82, 2.24) is 10.2 Å². The van der Waals surface area contributed by atoms with Crippen molar-refractivity contribution in [3.05, 3.63) is 65.5 Å². The van der Waals surface area contributed by atoms with Gasteiger partial charge in [0.25, 0.3) is 0 Å². The van der Waals surface area contributed by atoms with Crippen LogP contribution >= 0.6 is 0 Å². The van der Waals surface area contributed by atoms with Crippen LogP contribution in [0.3, 0.4) is 0 Å². The summed E-state index contributed by atoms with van der Waals surface area (Å²) < 4.78 is 17.9. The second kappa shape index (κ2) is 9.92. The van der Waals surface area contributed by atoms with E-state index in [1.165, 1.54) is 19.2 Å². The third kappa shape index (κ3) is 5.41. The summed E-state index contributed by atoms with van der Waals surface area (Å²) in [7, 11) is 1.37. The largest absolute Gasteiger partial charge is 0.465 e. The molecule has 3 atom stereocenters. The van der Waals surface area contributed by atoms with Crippen molar-refractivity contribution < 1.29 is 18.7 Å². The SMILES string of the molecule is COC(=O)c1ccc(N2CCN(C(C)C(=O)NC(C)c3ccc(F)cc3)C(C)C2)cc1. The first-order chi connectivity index (χ1) is 14.8. The van der Waals surface area contributed by atoms with Gasteiger partial charge in [-0.05, 0) is 62.7 Å². The van der Waals surface area contributed by atoms with Crippen LogP contribution in [0.15, 0.2) is 48.5 Å². The zero-order valence-corrected chi connectivity index (χ0v) is 18.5. The summed E-state index contributed by atoms with van der Waals surface area (Å²) in [4.78, 5) is 28.9. The molecule has 1 heterocycles. The lowest BCUT2D eigenvalue weighted by atomic mass is 10.1. The van der Waals surface area contributed by atoms with E-state index in [9.17, 15) is 14.0 Å². The number of hydrogen-bond acceptors (Lipinski definition) is 5. The molecular formula is C24H30FN3O3. The summed E-state index contributed by atoms with van der Waals surface area (Å²) in [6.45, 7) is 8.25.